The number of aliphatic hydroxyl groups is 1. The fraction of sp³-hybridized carbons (Fsp3) is 0.889. The van der Waals surface area contributed by atoms with Gasteiger partial charge in [0.15, 0.2) is 0 Å². The number of nitrogens with one attached hydrogen (secondary N) is 2. The van der Waals surface area contributed by atoms with E-state index in [1.807, 2.05) is 6.26 Å². The van der Waals surface area contributed by atoms with Gasteiger partial charge in [-0.05, 0) is 13.2 Å². The molecule has 0 bridgehead atoms. The number of urea groups is 1. The summed E-state index contributed by atoms with van der Waals surface area (Å²) in [6.45, 7) is 2.88. The molecule has 0 rings (SSSR count). The van der Waals surface area contributed by atoms with Crippen LogP contribution in [-0.2, 0) is 4.74 Å². The van der Waals surface area contributed by atoms with Gasteiger partial charge in [-0.2, -0.15) is 11.8 Å². The molecule has 0 aliphatic rings. The van der Waals surface area contributed by atoms with Crippen LogP contribution in [0.4, 0.5) is 4.79 Å². The molecule has 90 valence electrons. The average molecular weight is 236 g/mol. The predicted molar refractivity (Wildman–Crippen MR) is 62.3 cm³/mol. The van der Waals surface area contributed by atoms with Crippen molar-refractivity contribution in [3.63, 3.8) is 0 Å². The van der Waals surface area contributed by atoms with E-state index in [2.05, 4.69) is 10.6 Å². The Hall–Kier alpha value is -0.460. The lowest BCUT2D eigenvalue weighted by atomic mass is 10.1. The van der Waals surface area contributed by atoms with Gasteiger partial charge in [-0.15, -0.1) is 0 Å². The molecule has 6 heteroatoms. The van der Waals surface area contributed by atoms with E-state index in [0.717, 1.165) is 0 Å². The molecule has 1 atom stereocenters. The molecule has 0 fully saturated rings. The van der Waals surface area contributed by atoms with Crippen LogP contribution in [0.5, 0.6) is 0 Å². The summed E-state index contributed by atoms with van der Waals surface area (Å²) in [5.74, 6) is 0.589. The van der Waals surface area contributed by atoms with Crippen LogP contribution < -0.4 is 10.6 Å². The Morgan fingerprint density at radius 3 is 2.73 bits per heavy atom. The van der Waals surface area contributed by atoms with Crippen molar-refractivity contribution in [1.29, 1.82) is 0 Å². The minimum absolute atomic E-state index is 0.243. The normalized spacial score (nSPS) is 14.4. The van der Waals surface area contributed by atoms with Gasteiger partial charge in [0.05, 0.1) is 12.2 Å². The van der Waals surface area contributed by atoms with Gasteiger partial charge >= 0.3 is 6.03 Å². The largest absolute Gasteiger partial charge is 0.387 e. The van der Waals surface area contributed by atoms with Crippen molar-refractivity contribution < 1.29 is 14.6 Å². The molecule has 15 heavy (non-hydrogen) atoms. The lowest BCUT2D eigenvalue weighted by Gasteiger charge is -2.22. The summed E-state index contributed by atoms with van der Waals surface area (Å²) in [5, 5.41) is 14.9. The topological polar surface area (TPSA) is 70.6 Å². The van der Waals surface area contributed by atoms with Crippen LogP contribution in [-0.4, -0.2) is 55.6 Å². The Balaban J connectivity index is 3.60. The molecule has 3 N–H and O–H groups in total. The van der Waals surface area contributed by atoms with Gasteiger partial charge in [0.25, 0.3) is 0 Å². The van der Waals surface area contributed by atoms with Crippen LogP contribution in [0.15, 0.2) is 0 Å². The van der Waals surface area contributed by atoms with Gasteiger partial charge in [-0.3, -0.25) is 0 Å². The number of ether oxygens (including phenoxy) is 1. The number of hydrogen-bond acceptors (Lipinski definition) is 4. The van der Waals surface area contributed by atoms with Crippen molar-refractivity contribution in [2.75, 3.05) is 38.8 Å². The second-order valence-corrected chi connectivity index (χ2v) is 4.40. The van der Waals surface area contributed by atoms with Crippen molar-refractivity contribution >= 4 is 17.8 Å². The summed E-state index contributed by atoms with van der Waals surface area (Å²) in [7, 11) is 1.57. The van der Waals surface area contributed by atoms with Crippen molar-refractivity contribution in [2.24, 2.45) is 0 Å². The highest BCUT2D eigenvalue weighted by Gasteiger charge is 2.19. The average Bonchev–Trinajstić information content (AvgIpc) is 2.15. The maximum atomic E-state index is 11.2. The fourth-order valence-electron chi connectivity index (χ4n) is 0.962. The van der Waals surface area contributed by atoms with Gasteiger partial charge < -0.3 is 20.5 Å². The highest BCUT2D eigenvalue weighted by molar-refractivity contribution is 7.98. The number of rotatable bonds is 7. The molecule has 0 spiro atoms. The Bertz CT molecular complexity index is 188. The minimum atomic E-state index is -0.863. The summed E-state index contributed by atoms with van der Waals surface area (Å²) >= 11 is 1.54. The van der Waals surface area contributed by atoms with E-state index in [4.69, 9.17) is 4.74 Å². The SMILES string of the molecule is COCCNC(=O)NCC(C)(O)CSC. The number of thioether (sulfide) groups is 1. The van der Waals surface area contributed by atoms with Crippen LogP contribution >= 0.6 is 11.8 Å². The molecule has 0 saturated heterocycles. The van der Waals surface area contributed by atoms with E-state index in [1.165, 1.54) is 0 Å². The van der Waals surface area contributed by atoms with Gasteiger partial charge in [0.2, 0.25) is 0 Å². The van der Waals surface area contributed by atoms with E-state index in [0.29, 0.717) is 18.9 Å². The Morgan fingerprint density at radius 2 is 2.20 bits per heavy atom. The number of hydrogen-bond donors (Lipinski definition) is 3. The maximum Gasteiger partial charge on any atom is 0.314 e. The van der Waals surface area contributed by atoms with E-state index in [-0.39, 0.29) is 12.6 Å². The second kappa shape index (κ2) is 7.78. The first-order valence-corrected chi connectivity index (χ1v) is 6.13. The Labute approximate surface area is 95.0 Å². The molecule has 0 aromatic heterocycles. The first-order valence-electron chi connectivity index (χ1n) is 4.74. The van der Waals surface area contributed by atoms with Gasteiger partial charge in [-0.25, -0.2) is 4.79 Å². The van der Waals surface area contributed by atoms with Gasteiger partial charge in [0.1, 0.15) is 0 Å². The highest BCUT2D eigenvalue weighted by Crippen LogP contribution is 2.08. The lowest BCUT2D eigenvalue weighted by Crippen LogP contribution is -2.46. The third-order valence-corrected chi connectivity index (χ3v) is 2.59. The second-order valence-electron chi connectivity index (χ2n) is 3.53. The highest BCUT2D eigenvalue weighted by atomic mass is 32.2. The molecule has 5 nitrogen and oxygen atoms in total. The van der Waals surface area contributed by atoms with Crippen molar-refractivity contribution in [1.82, 2.24) is 10.6 Å². The molecule has 0 aliphatic heterocycles. The lowest BCUT2D eigenvalue weighted by molar-refractivity contribution is 0.0868. The number of carbonyl (C=O) groups excluding carboxylic acids is 1. The number of methoxy groups -OCH3 is 1. The first-order chi connectivity index (χ1) is 7.02. The van der Waals surface area contributed by atoms with Crippen molar-refractivity contribution in [3.05, 3.63) is 0 Å². The molecule has 0 saturated carbocycles. The van der Waals surface area contributed by atoms with Crippen molar-refractivity contribution in [3.8, 4) is 0 Å². The Kier molecular flexibility index (Phi) is 7.54. The van der Waals surface area contributed by atoms with Crippen LogP contribution in [0, 0.1) is 0 Å². The Morgan fingerprint density at radius 1 is 1.53 bits per heavy atom. The number of amides is 2. The van der Waals surface area contributed by atoms with Crippen LogP contribution in [0.1, 0.15) is 6.92 Å². The molecule has 0 radical (unpaired) electrons. The van der Waals surface area contributed by atoms with Crippen LogP contribution in [0.3, 0.4) is 0 Å². The first kappa shape index (κ1) is 14.5. The van der Waals surface area contributed by atoms with Gasteiger partial charge in [-0.1, -0.05) is 0 Å². The van der Waals surface area contributed by atoms with Crippen LogP contribution in [0.25, 0.3) is 0 Å². The fourth-order valence-corrected chi connectivity index (χ4v) is 1.69. The predicted octanol–water partition coefficient (Wildman–Crippen LogP) is 0.0460. The summed E-state index contributed by atoms with van der Waals surface area (Å²) in [5.41, 5.74) is -0.863. The molecule has 2 amide bonds. The molecule has 0 aromatic carbocycles. The molecular weight excluding hydrogens is 216 g/mol. The zero-order valence-corrected chi connectivity index (χ0v) is 10.3. The summed E-state index contributed by atoms with van der Waals surface area (Å²) in [6, 6.07) is -0.284. The molecular formula is C9H20N2O3S. The monoisotopic (exact) mass is 236 g/mol. The molecule has 0 aromatic rings. The molecule has 0 aliphatic carbocycles. The summed E-state index contributed by atoms with van der Waals surface area (Å²) in [4.78, 5) is 11.2. The van der Waals surface area contributed by atoms with Gasteiger partial charge in [0, 0.05) is 26.0 Å². The summed E-state index contributed by atoms with van der Waals surface area (Å²) < 4.78 is 4.78. The number of carbonyl (C=O) groups is 1. The van der Waals surface area contributed by atoms with Crippen LogP contribution in [0.2, 0.25) is 0 Å². The minimum Gasteiger partial charge on any atom is -0.387 e. The zero-order chi connectivity index (χ0) is 11.7. The molecule has 0 heterocycles. The standard InChI is InChI=1S/C9H20N2O3S/c1-9(13,7-15-3)6-11-8(12)10-4-5-14-2/h13H,4-7H2,1-3H3,(H2,10,11,12). The van der Waals surface area contributed by atoms with E-state index >= 15 is 0 Å². The van der Waals surface area contributed by atoms with Crippen molar-refractivity contribution in [2.45, 2.75) is 12.5 Å². The molecule has 1 unspecified atom stereocenters. The van der Waals surface area contributed by atoms with E-state index in [1.54, 1.807) is 25.8 Å². The summed E-state index contributed by atoms with van der Waals surface area (Å²) in [6.07, 6.45) is 1.91. The zero-order valence-electron chi connectivity index (χ0n) is 9.50. The quantitative estimate of drug-likeness (QED) is 0.546. The maximum absolute atomic E-state index is 11.2. The van der Waals surface area contributed by atoms with E-state index in [9.17, 15) is 9.90 Å². The third kappa shape index (κ3) is 8.53. The van der Waals surface area contributed by atoms with E-state index < -0.39 is 5.60 Å². The smallest absolute Gasteiger partial charge is 0.314 e. The third-order valence-electron chi connectivity index (χ3n) is 1.68.